The zero-order valence-corrected chi connectivity index (χ0v) is 10.6. The lowest BCUT2D eigenvalue weighted by Gasteiger charge is -2.40. The number of likely N-dealkylation sites (N-methyl/N-ethyl adjacent to an activating group) is 1. The predicted molar refractivity (Wildman–Crippen MR) is 68.2 cm³/mol. The Bertz CT molecular complexity index is 380. The normalized spacial score (nSPS) is 29.0. The third-order valence-corrected chi connectivity index (χ3v) is 3.80. The van der Waals surface area contributed by atoms with Crippen LogP contribution in [0.1, 0.15) is 31.2 Å². The van der Waals surface area contributed by atoms with Crippen LogP contribution in [-0.2, 0) is 5.60 Å². The van der Waals surface area contributed by atoms with E-state index >= 15 is 0 Å². The molecule has 0 aliphatic heterocycles. The summed E-state index contributed by atoms with van der Waals surface area (Å²) in [7, 11) is 3.57. The highest BCUT2D eigenvalue weighted by molar-refractivity contribution is 5.33. The monoisotopic (exact) mass is 235 g/mol. The first-order chi connectivity index (χ1) is 8.20. The molecule has 94 valence electrons. The van der Waals surface area contributed by atoms with Crippen LogP contribution in [0.5, 0.6) is 5.75 Å². The van der Waals surface area contributed by atoms with E-state index in [0.717, 1.165) is 30.6 Å². The number of benzene rings is 1. The Hall–Kier alpha value is -1.06. The number of rotatable bonds is 3. The Labute approximate surface area is 103 Å². The van der Waals surface area contributed by atoms with Crippen molar-refractivity contribution in [3.63, 3.8) is 0 Å². The van der Waals surface area contributed by atoms with Crippen LogP contribution in [0.25, 0.3) is 0 Å². The molecular weight excluding hydrogens is 214 g/mol. The van der Waals surface area contributed by atoms with Crippen LogP contribution < -0.4 is 10.1 Å². The average molecular weight is 235 g/mol. The molecule has 1 fully saturated rings. The van der Waals surface area contributed by atoms with Crippen LogP contribution in [0, 0.1) is 0 Å². The molecule has 0 aromatic heterocycles. The van der Waals surface area contributed by atoms with Gasteiger partial charge in [-0.3, -0.25) is 0 Å². The van der Waals surface area contributed by atoms with E-state index in [1.807, 2.05) is 31.3 Å². The zero-order chi connectivity index (χ0) is 12.3. The molecular formula is C14H21NO2. The summed E-state index contributed by atoms with van der Waals surface area (Å²) < 4.78 is 5.23. The molecule has 0 bridgehead atoms. The maximum atomic E-state index is 10.9. The van der Waals surface area contributed by atoms with Crippen molar-refractivity contribution in [1.29, 1.82) is 0 Å². The van der Waals surface area contributed by atoms with Crippen LogP contribution in [0.2, 0.25) is 0 Å². The van der Waals surface area contributed by atoms with E-state index in [-0.39, 0.29) is 6.04 Å². The Balaban J connectivity index is 2.33. The van der Waals surface area contributed by atoms with Crippen molar-refractivity contribution in [2.75, 3.05) is 14.2 Å². The highest BCUT2D eigenvalue weighted by atomic mass is 16.5. The van der Waals surface area contributed by atoms with Gasteiger partial charge in [-0.15, -0.1) is 0 Å². The fourth-order valence-electron chi connectivity index (χ4n) is 2.78. The van der Waals surface area contributed by atoms with Crippen LogP contribution in [-0.4, -0.2) is 25.3 Å². The Morgan fingerprint density at radius 3 is 2.94 bits per heavy atom. The Kier molecular flexibility index (Phi) is 3.69. The number of ether oxygens (including phenoxy) is 1. The molecule has 0 radical (unpaired) electrons. The van der Waals surface area contributed by atoms with Crippen molar-refractivity contribution in [1.82, 2.24) is 5.32 Å². The second-order valence-electron chi connectivity index (χ2n) is 4.74. The molecule has 2 atom stereocenters. The lowest BCUT2D eigenvalue weighted by molar-refractivity contribution is -0.0300. The van der Waals surface area contributed by atoms with Gasteiger partial charge in [0.05, 0.1) is 7.11 Å². The predicted octanol–water partition coefficient (Wildman–Crippen LogP) is 2.04. The van der Waals surface area contributed by atoms with E-state index in [1.54, 1.807) is 7.11 Å². The summed E-state index contributed by atoms with van der Waals surface area (Å²) in [4.78, 5) is 0. The summed E-state index contributed by atoms with van der Waals surface area (Å²) in [5, 5.41) is 14.1. The van der Waals surface area contributed by atoms with E-state index in [9.17, 15) is 5.11 Å². The molecule has 0 saturated heterocycles. The van der Waals surface area contributed by atoms with E-state index < -0.39 is 5.60 Å². The number of methoxy groups -OCH3 is 1. The van der Waals surface area contributed by atoms with Gasteiger partial charge in [0.25, 0.3) is 0 Å². The van der Waals surface area contributed by atoms with Crippen molar-refractivity contribution in [2.24, 2.45) is 0 Å². The maximum Gasteiger partial charge on any atom is 0.119 e. The molecule has 2 N–H and O–H groups in total. The molecule has 1 aliphatic rings. The molecule has 1 aromatic carbocycles. The molecule has 0 amide bonds. The van der Waals surface area contributed by atoms with Crippen molar-refractivity contribution in [3.8, 4) is 5.75 Å². The largest absolute Gasteiger partial charge is 0.497 e. The summed E-state index contributed by atoms with van der Waals surface area (Å²) >= 11 is 0. The fraction of sp³-hybridized carbons (Fsp3) is 0.571. The van der Waals surface area contributed by atoms with Gasteiger partial charge in [0.2, 0.25) is 0 Å². The van der Waals surface area contributed by atoms with Crippen LogP contribution in [0.4, 0.5) is 0 Å². The number of nitrogens with one attached hydrogen (secondary N) is 1. The molecule has 0 spiro atoms. The first kappa shape index (κ1) is 12.4. The third-order valence-electron chi connectivity index (χ3n) is 3.80. The number of hydrogen-bond donors (Lipinski definition) is 2. The highest BCUT2D eigenvalue weighted by Crippen LogP contribution is 2.38. The fourth-order valence-corrected chi connectivity index (χ4v) is 2.78. The van der Waals surface area contributed by atoms with Gasteiger partial charge in [-0.25, -0.2) is 0 Å². The first-order valence-electron chi connectivity index (χ1n) is 6.25. The van der Waals surface area contributed by atoms with Gasteiger partial charge in [0.15, 0.2) is 0 Å². The van der Waals surface area contributed by atoms with E-state index in [1.165, 1.54) is 6.42 Å². The lowest BCUT2D eigenvalue weighted by Crippen LogP contribution is -2.49. The van der Waals surface area contributed by atoms with Gasteiger partial charge in [-0.2, -0.15) is 0 Å². The van der Waals surface area contributed by atoms with Gasteiger partial charge in [0, 0.05) is 6.04 Å². The molecule has 3 nitrogen and oxygen atoms in total. The van der Waals surface area contributed by atoms with Crippen molar-refractivity contribution < 1.29 is 9.84 Å². The SMILES string of the molecule is CNC1CCCCC1(O)c1cccc(OC)c1. The molecule has 0 heterocycles. The number of aliphatic hydroxyl groups is 1. The van der Waals surface area contributed by atoms with Gasteiger partial charge < -0.3 is 15.2 Å². The third kappa shape index (κ3) is 2.31. The molecule has 3 heteroatoms. The summed E-state index contributed by atoms with van der Waals surface area (Å²) in [5.41, 5.74) is 0.192. The average Bonchev–Trinajstić information content (AvgIpc) is 2.39. The van der Waals surface area contributed by atoms with E-state index in [2.05, 4.69) is 5.32 Å². The minimum absolute atomic E-state index is 0.128. The van der Waals surface area contributed by atoms with Gasteiger partial charge >= 0.3 is 0 Å². The minimum atomic E-state index is -0.762. The van der Waals surface area contributed by atoms with Crippen molar-refractivity contribution >= 4 is 0 Å². The minimum Gasteiger partial charge on any atom is -0.497 e. The standard InChI is InChI=1S/C14H21NO2/c1-15-13-8-3-4-9-14(13,16)11-6-5-7-12(10-11)17-2/h5-7,10,13,15-16H,3-4,8-9H2,1-2H3. The lowest BCUT2D eigenvalue weighted by atomic mass is 9.76. The molecule has 1 aromatic rings. The van der Waals surface area contributed by atoms with Crippen LogP contribution in [0.15, 0.2) is 24.3 Å². The Morgan fingerprint density at radius 1 is 1.41 bits per heavy atom. The van der Waals surface area contributed by atoms with Crippen LogP contribution in [0.3, 0.4) is 0 Å². The smallest absolute Gasteiger partial charge is 0.119 e. The van der Waals surface area contributed by atoms with Crippen LogP contribution >= 0.6 is 0 Å². The maximum absolute atomic E-state index is 10.9. The number of hydrogen-bond acceptors (Lipinski definition) is 3. The topological polar surface area (TPSA) is 41.5 Å². The highest BCUT2D eigenvalue weighted by Gasteiger charge is 2.39. The second kappa shape index (κ2) is 5.07. The second-order valence-corrected chi connectivity index (χ2v) is 4.74. The van der Waals surface area contributed by atoms with Gasteiger partial charge in [-0.1, -0.05) is 25.0 Å². The zero-order valence-electron chi connectivity index (χ0n) is 10.6. The molecule has 17 heavy (non-hydrogen) atoms. The summed E-state index contributed by atoms with van der Waals surface area (Å²) in [5.74, 6) is 0.802. The van der Waals surface area contributed by atoms with Crippen molar-refractivity contribution in [3.05, 3.63) is 29.8 Å². The van der Waals surface area contributed by atoms with Gasteiger partial charge in [0.1, 0.15) is 11.4 Å². The summed E-state index contributed by atoms with van der Waals surface area (Å²) in [6, 6.07) is 7.90. The molecule has 2 unspecified atom stereocenters. The van der Waals surface area contributed by atoms with Gasteiger partial charge in [-0.05, 0) is 37.6 Å². The molecule has 1 saturated carbocycles. The quantitative estimate of drug-likeness (QED) is 0.842. The van der Waals surface area contributed by atoms with Crippen molar-refractivity contribution in [2.45, 2.75) is 37.3 Å². The van der Waals surface area contributed by atoms with E-state index in [0.29, 0.717) is 0 Å². The Morgan fingerprint density at radius 2 is 2.24 bits per heavy atom. The summed E-state index contributed by atoms with van der Waals surface area (Å²) in [6.45, 7) is 0. The van der Waals surface area contributed by atoms with E-state index in [4.69, 9.17) is 4.74 Å². The molecule has 2 rings (SSSR count). The molecule has 1 aliphatic carbocycles. The first-order valence-corrected chi connectivity index (χ1v) is 6.25. The summed E-state index contributed by atoms with van der Waals surface area (Å²) in [6.07, 6.45) is 4.08.